The number of aryl methyl sites for hydroxylation is 1. The van der Waals surface area contributed by atoms with Crippen LogP contribution in [-0.2, 0) is 4.79 Å². The third-order valence-corrected chi connectivity index (χ3v) is 5.49. The van der Waals surface area contributed by atoms with Crippen LogP contribution in [0.5, 0.6) is 0 Å². The first-order chi connectivity index (χ1) is 14.9. The van der Waals surface area contributed by atoms with Crippen LogP contribution in [0.4, 0.5) is 17.3 Å². The zero-order valence-corrected chi connectivity index (χ0v) is 17.9. The van der Waals surface area contributed by atoms with E-state index in [0.29, 0.717) is 34.8 Å². The molecule has 1 aliphatic heterocycles. The van der Waals surface area contributed by atoms with Gasteiger partial charge in [-0.05, 0) is 31.2 Å². The Bertz CT molecular complexity index is 933. The van der Waals surface area contributed by atoms with Crippen LogP contribution >= 0.6 is 0 Å². The van der Waals surface area contributed by atoms with Gasteiger partial charge < -0.3 is 26.6 Å². The molecule has 0 spiro atoms. The number of nitrogens with two attached hydrogens (primary N) is 1. The molecule has 0 bridgehead atoms. The number of fused-ring (bicyclic) bond motifs is 1. The van der Waals surface area contributed by atoms with Gasteiger partial charge in [0.05, 0.1) is 5.71 Å². The number of likely N-dealkylation sites (N-methyl/N-ethyl adjacent to an activating group) is 1. The number of anilines is 2. The summed E-state index contributed by atoms with van der Waals surface area (Å²) in [4.78, 5) is 22.8. The van der Waals surface area contributed by atoms with Crippen molar-refractivity contribution in [1.29, 1.82) is 0 Å². The molecular formula is C22H30N6O3. The van der Waals surface area contributed by atoms with E-state index in [1.165, 1.54) is 44.7 Å². The molecule has 1 aliphatic carbocycles. The average molecular weight is 427 g/mol. The number of rotatable bonds is 3. The van der Waals surface area contributed by atoms with Crippen molar-refractivity contribution in [2.45, 2.75) is 51.2 Å². The monoisotopic (exact) mass is 426 g/mol. The highest BCUT2D eigenvalue weighted by molar-refractivity contribution is 6.09. The molecule has 6 N–H and O–H groups in total. The van der Waals surface area contributed by atoms with Crippen molar-refractivity contribution in [2.24, 2.45) is 4.99 Å². The van der Waals surface area contributed by atoms with E-state index < -0.39 is 12.8 Å². The number of nitrogens with zero attached hydrogens (tertiary/aromatic N) is 3. The van der Waals surface area contributed by atoms with Crippen molar-refractivity contribution in [3.8, 4) is 0 Å². The second-order valence-electron chi connectivity index (χ2n) is 7.69. The number of carbonyl (C=O) groups is 1. The van der Waals surface area contributed by atoms with Gasteiger partial charge in [-0.1, -0.05) is 43.5 Å². The number of aliphatic hydroxyl groups excluding tert-OH is 2. The lowest BCUT2D eigenvalue weighted by Gasteiger charge is -2.24. The number of carbonyl (C=O) groups excluding carboxylic acids is 1. The summed E-state index contributed by atoms with van der Waals surface area (Å²) in [5.74, 6) is 1.65. The number of aliphatic hydroxyl groups is 2. The van der Waals surface area contributed by atoms with Crippen LogP contribution in [-0.4, -0.2) is 51.7 Å². The summed E-state index contributed by atoms with van der Waals surface area (Å²) in [6.45, 7) is 1.34. The lowest BCUT2D eigenvalue weighted by atomic mass is 9.84. The molecule has 1 fully saturated rings. The molecule has 1 saturated carbocycles. The van der Waals surface area contributed by atoms with Gasteiger partial charge >= 0.3 is 0 Å². The topological polar surface area (TPSA) is 146 Å². The molecule has 9 heteroatoms. The van der Waals surface area contributed by atoms with Crippen molar-refractivity contribution < 1.29 is 15.0 Å². The van der Waals surface area contributed by atoms with Crippen molar-refractivity contribution in [2.75, 3.05) is 24.7 Å². The lowest BCUT2D eigenvalue weighted by molar-refractivity contribution is -0.123. The van der Waals surface area contributed by atoms with E-state index in [4.69, 9.17) is 10.8 Å². The SMILES string of the molecule is CNC(=O)CO.Cc1nc(N)c2c(n1)NC(O)C(c1ccc(C3CCCCC3)cc1)=N2. The normalized spacial score (nSPS) is 18.1. The molecule has 1 amide bonds. The van der Waals surface area contributed by atoms with Crippen LogP contribution in [0.2, 0.25) is 0 Å². The van der Waals surface area contributed by atoms with Crippen LogP contribution in [0.1, 0.15) is 55.0 Å². The van der Waals surface area contributed by atoms with Gasteiger partial charge in [-0.3, -0.25) is 4.79 Å². The van der Waals surface area contributed by atoms with E-state index in [9.17, 15) is 9.90 Å². The third-order valence-electron chi connectivity index (χ3n) is 5.49. The Morgan fingerprint density at radius 3 is 2.45 bits per heavy atom. The first-order valence-corrected chi connectivity index (χ1v) is 10.5. The summed E-state index contributed by atoms with van der Waals surface area (Å²) in [6.07, 6.45) is 5.61. The minimum atomic E-state index is -0.915. The van der Waals surface area contributed by atoms with Crippen LogP contribution < -0.4 is 16.4 Å². The van der Waals surface area contributed by atoms with Gasteiger partial charge in [-0.2, -0.15) is 0 Å². The van der Waals surface area contributed by atoms with E-state index in [-0.39, 0.29) is 5.91 Å². The largest absolute Gasteiger partial charge is 0.387 e. The van der Waals surface area contributed by atoms with Gasteiger partial charge in [-0.25, -0.2) is 15.0 Å². The Morgan fingerprint density at radius 1 is 1.19 bits per heavy atom. The van der Waals surface area contributed by atoms with Crippen LogP contribution in [0.15, 0.2) is 29.3 Å². The molecule has 0 saturated heterocycles. The fraction of sp³-hybridized carbons (Fsp3) is 0.455. The number of benzene rings is 1. The van der Waals surface area contributed by atoms with Crippen molar-refractivity contribution in [1.82, 2.24) is 15.3 Å². The van der Waals surface area contributed by atoms with E-state index in [0.717, 1.165) is 5.56 Å². The summed E-state index contributed by atoms with van der Waals surface area (Å²) in [5.41, 5.74) is 9.26. The Kier molecular flexibility index (Phi) is 7.54. The van der Waals surface area contributed by atoms with Crippen molar-refractivity contribution in [3.05, 3.63) is 41.2 Å². The van der Waals surface area contributed by atoms with Crippen molar-refractivity contribution >= 4 is 28.9 Å². The average Bonchev–Trinajstić information content (AvgIpc) is 2.79. The molecule has 1 unspecified atom stereocenters. The minimum Gasteiger partial charge on any atom is -0.387 e. The fourth-order valence-electron chi connectivity index (χ4n) is 3.84. The predicted molar refractivity (Wildman–Crippen MR) is 120 cm³/mol. The Hall–Kier alpha value is -3.04. The molecule has 0 radical (unpaired) electrons. The first-order valence-electron chi connectivity index (χ1n) is 10.5. The van der Waals surface area contributed by atoms with Gasteiger partial charge in [0.1, 0.15) is 18.1 Å². The predicted octanol–water partition coefficient (Wildman–Crippen LogP) is 2.00. The number of aliphatic imine (C=N–C) groups is 1. The highest BCUT2D eigenvalue weighted by Gasteiger charge is 2.25. The Labute approximate surface area is 181 Å². The van der Waals surface area contributed by atoms with Gasteiger partial charge in [-0.15, -0.1) is 0 Å². The highest BCUT2D eigenvalue weighted by Crippen LogP contribution is 2.35. The number of hydrogen-bond acceptors (Lipinski definition) is 8. The number of amides is 1. The zero-order valence-electron chi connectivity index (χ0n) is 17.9. The summed E-state index contributed by atoms with van der Waals surface area (Å²) >= 11 is 0. The van der Waals surface area contributed by atoms with Gasteiger partial charge in [0.2, 0.25) is 5.91 Å². The maximum absolute atomic E-state index is 10.4. The zero-order chi connectivity index (χ0) is 22.4. The van der Waals surface area contributed by atoms with Crippen molar-refractivity contribution in [3.63, 3.8) is 0 Å². The molecule has 1 aromatic carbocycles. The minimum absolute atomic E-state index is 0.318. The summed E-state index contributed by atoms with van der Waals surface area (Å²) in [6, 6.07) is 8.38. The molecule has 1 aromatic heterocycles. The van der Waals surface area contributed by atoms with Gasteiger partial charge in [0.15, 0.2) is 17.9 Å². The summed E-state index contributed by atoms with van der Waals surface area (Å²) in [7, 11) is 1.47. The highest BCUT2D eigenvalue weighted by atomic mass is 16.3. The first kappa shape index (κ1) is 22.6. The summed E-state index contributed by atoms with van der Waals surface area (Å²) < 4.78 is 0. The standard InChI is InChI=1S/C19H23N5O.C3H7NO2/c1-11-21-17(20)16-18(22-11)24-19(25)15(23-16)14-9-7-13(8-10-14)12-5-3-2-4-6-12;1-4-3(6)2-5/h7-10,12,19,25H,2-6H2,1H3,(H3,20,21,22,24);5H,2H2,1H3,(H,4,6). The maximum Gasteiger partial charge on any atom is 0.245 e. The number of aromatic nitrogens is 2. The van der Waals surface area contributed by atoms with Crippen LogP contribution in [0.25, 0.3) is 0 Å². The second kappa shape index (κ2) is 10.3. The lowest BCUT2D eigenvalue weighted by Crippen LogP contribution is -2.33. The maximum atomic E-state index is 10.4. The molecule has 166 valence electrons. The second-order valence-corrected chi connectivity index (χ2v) is 7.69. The molecule has 2 aromatic rings. The fourth-order valence-corrected chi connectivity index (χ4v) is 3.84. The van der Waals surface area contributed by atoms with Gasteiger partial charge in [0.25, 0.3) is 0 Å². The number of nitrogens with one attached hydrogen (secondary N) is 2. The summed E-state index contributed by atoms with van der Waals surface area (Å²) in [5, 5.41) is 23.5. The molecule has 2 heterocycles. The molecule has 4 rings (SSSR count). The molecule has 1 atom stereocenters. The van der Waals surface area contributed by atoms with E-state index in [1.54, 1.807) is 6.92 Å². The van der Waals surface area contributed by atoms with E-state index in [2.05, 4.69) is 37.7 Å². The molecule has 2 aliphatic rings. The van der Waals surface area contributed by atoms with E-state index in [1.807, 2.05) is 12.1 Å². The Balaban J connectivity index is 0.000000401. The quantitative estimate of drug-likeness (QED) is 0.504. The smallest absolute Gasteiger partial charge is 0.245 e. The molecule has 31 heavy (non-hydrogen) atoms. The molecule has 9 nitrogen and oxygen atoms in total. The number of nitrogen functional groups attached to an aromatic ring is 1. The van der Waals surface area contributed by atoms with E-state index >= 15 is 0 Å². The third kappa shape index (κ3) is 5.56. The molecular weight excluding hydrogens is 396 g/mol. The van der Waals surface area contributed by atoms with Gasteiger partial charge in [0, 0.05) is 12.6 Å². The Morgan fingerprint density at radius 2 is 1.87 bits per heavy atom. The number of hydrogen-bond donors (Lipinski definition) is 5. The van der Waals surface area contributed by atoms with Crippen LogP contribution in [0.3, 0.4) is 0 Å². The van der Waals surface area contributed by atoms with Crippen LogP contribution in [0, 0.1) is 6.92 Å².